The van der Waals surface area contributed by atoms with Crippen molar-refractivity contribution in [1.82, 2.24) is 4.98 Å². The zero-order valence-corrected chi connectivity index (χ0v) is 17.3. The number of anilines is 3. The summed E-state index contributed by atoms with van der Waals surface area (Å²) in [5, 5.41) is 8.20. The first-order chi connectivity index (χ1) is 14.6. The molecule has 3 aromatic rings. The van der Waals surface area contributed by atoms with Crippen LogP contribution in [0.5, 0.6) is 28.7 Å². The number of nitrogens with one attached hydrogen (secondary N) is 2. The average Bonchev–Trinajstić information content (AvgIpc) is 3.42. The van der Waals surface area contributed by atoms with Gasteiger partial charge in [-0.2, -0.15) is 0 Å². The van der Waals surface area contributed by atoms with Gasteiger partial charge in [0, 0.05) is 35.0 Å². The molecule has 4 rings (SSSR count). The number of carbonyl (C=O) groups is 1. The summed E-state index contributed by atoms with van der Waals surface area (Å²) in [5.41, 5.74) is 1.55. The van der Waals surface area contributed by atoms with Gasteiger partial charge >= 0.3 is 0 Å². The third kappa shape index (κ3) is 3.90. The quantitative estimate of drug-likeness (QED) is 0.583. The van der Waals surface area contributed by atoms with E-state index in [-0.39, 0.29) is 18.4 Å². The average molecular weight is 429 g/mol. The standard InChI is InChI=1S/C20H19N3O6S/c1-25-16-7-12(8-17(26-2)18(16)27-3)21-19(24)13-9-30-20(23-13)22-11-4-5-14-15(6-11)29-10-28-14/h4-9H,10H2,1-3H3,(H,21,24)(H,22,23). The lowest BCUT2D eigenvalue weighted by molar-refractivity contribution is 0.102. The maximum atomic E-state index is 12.6. The molecule has 0 radical (unpaired) electrons. The summed E-state index contributed by atoms with van der Waals surface area (Å²) in [6.07, 6.45) is 0. The van der Waals surface area contributed by atoms with Gasteiger partial charge in [0.1, 0.15) is 5.69 Å². The van der Waals surface area contributed by atoms with Crippen LogP contribution in [0.2, 0.25) is 0 Å². The number of thiazole rings is 1. The molecule has 10 heteroatoms. The lowest BCUT2D eigenvalue weighted by Gasteiger charge is -2.14. The van der Waals surface area contributed by atoms with Crippen LogP contribution in [0.15, 0.2) is 35.7 Å². The number of aromatic nitrogens is 1. The monoisotopic (exact) mass is 429 g/mol. The molecule has 1 aliphatic heterocycles. The maximum absolute atomic E-state index is 12.6. The smallest absolute Gasteiger partial charge is 0.275 e. The summed E-state index contributed by atoms with van der Waals surface area (Å²) in [5.74, 6) is 2.33. The van der Waals surface area contributed by atoms with Gasteiger partial charge in [-0.05, 0) is 12.1 Å². The fraction of sp³-hybridized carbons (Fsp3) is 0.200. The van der Waals surface area contributed by atoms with Crippen LogP contribution in [-0.2, 0) is 0 Å². The van der Waals surface area contributed by atoms with Crippen molar-refractivity contribution >= 4 is 33.8 Å². The highest BCUT2D eigenvalue weighted by Gasteiger charge is 2.17. The van der Waals surface area contributed by atoms with Gasteiger partial charge < -0.3 is 34.3 Å². The fourth-order valence-corrected chi connectivity index (χ4v) is 3.59. The van der Waals surface area contributed by atoms with Gasteiger partial charge in [-0.1, -0.05) is 0 Å². The number of benzene rings is 2. The predicted octanol–water partition coefficient (Wildman–Crippen LogP) is 3.89. The normalized spacial score (nSPS) is 11.7. The summed E-state index contributed by atoms with van der Waals surface area (Å²) >= 11 is 1.31. The minimum absolute atomic E-state index is 0.210. The van der Waals surface area contributed by atoms with E-state index in [0.29, 0.717) is 39.6 Å². The number of fused-ring (bicyclic) bond motifs is 1. The van der Waals surface area contributed by atoms with Crippen molar-refractivity contribution in [2.45, 2.75) is 0 Å². The molecule has 0 aliphatic carbocycles. The van der Waals surface area contributed by atoms with Crippen LogP contribution in [0.4, 0.5) is 16.5 Å². The van der Waals surface area contributed by atoms with Gasteiger partial charge in [-0.3, -0.25) is 4.79 Å². The summed E-state index contributed by atoms with van der Waals surface area (Å²) in [6, 6.07) is 8.79. The molecule has 1 aromatic heterocycles. The van der Waals surface area contributed by atoms with Crippen LogP contribution in [-0.4, -0.2) is 39.0 Å². The van der Waals surface area contributed by atoms with Crippen molar-refractivity contribution in [2.75, 3.05) is 38.8 Å². The summed E-state index contributed by atoms with van der Waals surface area (Å²) in [4.78, 5) is 17.0. The first-order valence-corrected chi connectivity index (χ1v) is 9.72. The Morgan fingerprint density at radius 2 is 1.73 bits per heavy atom. The second-order valence-electron chi connectivity index (χ2n) is 6.10. The predicted molar refractivity (Wildman–Crippen MR) is 112 cm³/mol. The molecule has 0 fully saturated rings. The van der Waals surface area contributed by atoms with Gasteiger partial charge in [0.15, 0.2) is 28.1 Å². The van der Waals surface area contributed by atoms with Crippen molar-refractivity contribution < 1.29 is 28.5 Å². The lowest BCUT2D eigenvalue weighted by atomic mass is 10.2. The molecule has 9 nitrogen and oxygen atoms in total. The highest BCUT2D eigenvalue weighted by atomic mass is 32.1. The SMILES string of the molecule is COc1cc(NC(=O)c2csc(Nc3ccc4c(c3)OCO4)n2)cc(OC)c1OC. The first kappa shape index (κ1) is 19.6. The zero-order chi connectivity index (χ0) is 21.1. The van der Waals surface area contributed by atoms with E-state index in [9.17, 15) is 4.79 Å². The second-order valence-corrected chi connectivity index (χ2v) is 6.96. The Morgan fingerprint density at radius 3 is 2.43 bits per heavy atom. The molecule has 0 atom stereocenters. The Balaban J connectivity index is 1.48. The lowest BCUT2D eigenvalue weighted by Crippen LogP contribution is -2.12. The highest BCUT2D eigenvalue weighted by molar-refractivity contribution is 7.14. The second kappa shape index (κ2) is 8.37. The third-order valence-corrected chi connectivity index (χ3v) is 5.04. The number of methoxy groups -OCH3 is 3. The van der Waals surface area contributed by atoms with E-state index in [0.717, 1.165) is 5.69 Å². The Kier molecular flexibility index (Phi) is 5.48. The zero-order valence-electron chi connectivity index (χ0n) is 16.5. The summed E-state index contributed by atoms with van der Waals surface area (Å²) in [7, 11) is 4.54. The maximum Gasteiger partial charge on any atom is 0.275 e. The molecule has 0 spiro atoms. The van der Waals surface area contributed by atoms with Crippen LogP contribution in [0.25, 0.3) is 0 Å². The molecule has 156 valence electrons. The van der Waals surface area contributed by atoms with E-state index in [2.05, 4.69) is 15.6 Å². The molecule has 0 bridgehead atoms. The number of nitrogens with zero attached hydrogens (tertiary/aromatic N) is 1. The minimum atomic E-state index is -0.362. The molecular weight excluding hydrogens is 410 g/mol. The van der Waals surface area contributed by atoms with E-state index in [1.165, 1.54) is 32.7 Å². The summed E-state index contributed by atoms with van der Waals surface area (Å²) in [6.45, 7) is 0.210. The Hall–Kier alpha value is -3.66. The van der Waals surface area contributed by atoms with Crippen molar-refractivity contribution in [3.8, 4) is 28.7 Å². The summed E-state index contributed by atoms with van der Waals surface area (Å²) < 4.78 is 26.6. The van der Waals surface area contributed by atoms with E-state index in [1.807, 2.05) is 18.2 Å². The van der Waals surface area contributed by atoms with E-state index >= 15 is 0 Å². The molecule has 2 aromatic carbocycles. The first-order valence-electron chi connectivity index (χ1n) is 8.85. The van der Waals surface area contributed by atoms with Crippen molar-refractivity contribution in [1.29, 1.82) is 0 Å². The number of amides is 1. The number of rotatable bonds is 7. The third-order valence-electron chi connectivity index (χ3n) is 4.28. The van der Waals surface area contributed by atoms with Gasteiger partial charge in [0.25, 0.3) is 5.91 Å². The topological polar surface area (TPSA) is 100 Å². The molecule has 2 heterocycles. The largest absolute Gasteiger partial charge is 0.493 e. The van der Waals surface area contributed by atoms with Gasteiger partial charge in [0.2, 0.25) is 12.5 Å². The highest BCUT2D eigenvalue weighted by Crippen LogP contribution is 2.40. The van der Waals surface area contributed by atoms with Crippen LogP contribution in [0.3, 0.4) is 0 Å². The van der Waals surface area contributed by atoms with Crippen molar-refractivity contribution in [3.63, 3.8) is 0 Å². The molecule has 0 unspecified atom stereocenters. The van der Waals surface area contributed by atoms with Crippen LogP contribution >= 0.6 is 11.3 Å². The van der Waals surface area contributed by atoms with Crippen molar-refractivity contribution in [2.24, 2.45) is 0 Å². The molecule has 0 saturated heterocycles. The number of hydrogen-bond acceptors (Lipinski definition) is 9. The molecule has 0 saturated carbocycles. The molecule has 1 amide bonds. The number of carbonyl (C=O) groups excluding carboxylic acids is 1. The van der Waals surface area contributed by atoms with Crippen molar-refractivity contribution in [3.05, 3.63) is 41.4 Å². The van der Waals surface area contributed by atoms with E-state index in [1.54, 1.807) is 17.5 Å². The van der Waals surface area contributed by atoms with Crippen LogP contribution < -0.4 is 34.3 Å². The van der Waals surface area contributed by atoms with Gasteiger partial charge in [-0.15, -0.1) is 11.3 Å². The van der Waals surface area contributed by atoms with E-state index < -0.39 is 0 Å². The molecule has 2 N–H and O–H groups in total. The van der Waals surface area contributed by atoms with Gasteiger partial charge in [0.05, 0.1) is 21.3 Å². The fourth-order valence-electron chi connectivity index (χ4n) is 2.88. The number of hydrogen-bond donors (Lipinski definition) is 2. The Labute approximate surface area is 176 Å². The van der Waals surface area contributed by atoms with Crippen LogP contribution in [0.1, 0.15) is 10.5 Å². The minimum Gasteiger partial charge on any atom is -0.493 e. The van der Waals surface area contributed by atoms with Gasteiger partial charge in [-0.25, -0.2) is 4.98 Å². The molecule has 30 heavy (non-hydrogen) atoms. The Bertz CT molecular complexity index is 1060. The molecular formula is C20H19N3O6S. The Morgan fingerprint density at radius 1 is 1.00 bits per heavy atom. The molecule has 1 aliphatic rings. The number of ether oxygens (including phenoxy) is 5. The van der Waals surface area contributed by atoms with E-state index in [4.69, 9.17) is 23.7 Å². The van der Waals surface area contributed by atoms with Crippen LogP contribution in [0, 0.1) is 0 Å².